The molecule has 0 bridgehead atoms. The maximum atomic E-state index is 12.5. The number of hydrogen-bond acceptors (Lipinski definition) is 3. The van der Waals surface area contributed by atoms with E-state index in [2.05, 4.69) is 5.32 Å². The van der Waals surface area contributed by atoms with Gasteiger partial charge < -0.3 is 20.1 Å². The number of aliphatic hydroxyl groups is 1. The van der Waals surface area contributed by atoms with Gasteiger partial charge in [0.2, 0.25) is 0 Å². The molecule has 2 amide bonds. The molecule has 0 saturated carbocycles. The lowest BCUT2D eigenvalue weighted by atomic mass is 10.1. The molecule has 1 heterocycles. The van der Waals surface area contributed by atoms with Crippen LogP contribution in [0.25, 0.3) is 0 Å². The molecular weight excluding hydrogens is 325 g/mol. The molecule has 1 aromatic carbocycles. The Morgan fingerprint density at radius 2 is 2.08 bits per heavy atom. The fourth-order valence-corrected chi connectivity index (χ4v) is 2.60. The first-order valence-corrected chi connectivity index (χ1v) is 7.74. The summed E-state index contributed by atoms with van der Waals surface area (Å²) in [6, 6.07) is 4.14. The molecule has 1 aromatic rings. The Morgan fingerprint density at radius 1 is 1.42 bits per heavy atom. The molecule has 0 radical (unpaired) electrons. The van der Waals surface area contributed by atoms with E-state index in [0.29, 0.717) is 31.7 Å². The van der Waals surface area contributed by atoms with Crippen LogP contribution < -0.4 is 5.32 Å². The van der Waals surface area contributed by atoms with Gasteiger partial charge in [-0.05, 0) is 31.0 Å². The highest BCUT2D eigenvalue weighted by atomic mass is 19.4. The van der Waals surface area contributed by atoms with Crippen molar-refractivity contribution in [3.8, 4) is 0 Å². The van der Waals surface area contributed by atoms with E-state index in [1.807, 2.05) is 0 Å². The first kappa shape index (κ1) is 18.5. The van der Waals surface area contributed by atoms with Crippen LogP contribution in [0.2, 0.25) is 0 Å². The average molecular weight is 346 g/mol. The zero-order valence-corrected chi connectivity index (χ0v) is 13.3. The van der Waals surface area contributed by atoms with Crippen LogP contribution in [0.5, 0.6) is 0 Å². The number of nitrogens with zero attached hydrogens (tertiary/aromatic N) is 1. The van der Waals surface area contributed by atoms with Gasteiger partial charge in [-0.2, -0.15) is 13.2 Å². The minimum atomic E-state index is -4.37. The van der Waals surface area contributed by atoms with Crippen LogP contribution in [-0.4, -0.2) is 47.9 Å². The monoisotopic (exact) mass is 346 g/mol. The number of carbonyl (C=O) groups is 1. The second-order valence-corrected chi connectivity index (χ2v) is 5.86. The first-order chi connectivity index (χ1) is 11.3. The molecule has 1 aliphatic rings. The number of nitrogens with one attached hydrogen (secondary N) is 1. The summed E-state index contributed by atoms with van der Waals surface area (Å²) in [6.45, 7) is 2.97. The minimum Gasteiger partial charge on any atom is -0.393 e. The third-order valence-electron chi connectivity index (χ3n) is 3.83. The van der Waals surface area contributed by atoms with E-state index < -0.39 is 17.8 Å². The van der Waals surface area contributed by atoms with Gasteiger partial charge in [0, 0.05) is 13.1 Å². The van der Waals surface area contributed by atoms with Crippen LogP contribution in [0.3, 0.4) is 0 Å². The predicted octanol–water partition coefficient (Wildman–Crippen LogP) is 2.39. The molecule has 1 saturated heterocycles. The second-order valence-electron chi connectivity index (χ2n) is 5.86. The van der Waals surface area contributed by atoms with Gasteiger partial charge in [-0.3, -0.25) is 0 Å². The lowest BCUT2D eigenvalue weighted by Crippen LogP contribution is -2.53. The Bertz CT molecular complexity index is 546. The van der Waals surface area contributed by atoms with E-state index in [1.165, 1.54) is 12.1 Å². The van der Waals surface area contributed by atoms with Crippen LogP contribution in [0.4, 0.5) is 18.0 Å². The van der Waals surface area contributed by atoms with Crippen molar-refractivity contribution < 1.29 is 27.8 Å². The van der Waals surface area contributed by atoms with E-state index in [-0.39, 0.29) is 18.6 Å². The summed E-state index contributed by atoms with van der Waals surface area (Å²) >= 11 is 0. The molecule has 2 unspecified atom stereocenters. The molecule has 2 N–H and O–H groups in total. The van der Waals surface area contributed by atoms with Crippen molar-refractivity contribution in [3.63, 3.8) is 0 Å². The van der Waals surface area contributed by atoms with Crippen molar-refractivity contribution in [2.75, 3.05) is 19.8 Å². The smallest absolute Gasteiger partial charge is 0.393 e. The number of amides is 2. The lowest BCUT2D eigenvalue weighted by Gasteiger charge is -2.36. The molecule has 2 atom stereocenters. The van der Waals surface area contributed by atoms with Gasteiger partial charge in [0.15, 0.2) is 0 Å². The molecule has 1 fully saturated rings. The second kappa shape index (κ2) is 7.85. The molecule has 1 aliphatic heterocycles. The minimum absolute atomic E-state index is 0.135. The molecule has 0 aliphatic carbocycles. The van der Waals surface area contributed by atoms with Gasteiger partial charge >= 0.3 is 12.2 Å². The Morgan fingerprint density at radius 3 is 2.67 bits per heavy atom. The van der Waals surface area contributed by atoms with Crippen LogP contribution in [0.15, 0.2) is 24.3 Å². The van der Waals surface area contributed by atoms with Gasteiger partial charge in [0.25, 0.3) is 0 Å². The topological polar surface area (TPSA) is 61.8 Å². The number of hydrogen-bond donors (Lipinski definition) is 2. The predicted molar refractivity (Wildman–Crippen MR) is 81.3 cm³/mol. The third-order valence-corrected chi connectivity index (χ3v) is 3.83. The number of carbonyl (C=O) groups excluding carboxylic acids is 1. The number of urea groups is 1. The average Bonchev–Trinajstić information content (AvgIpc) is 2.52. The van der Waals surface area contributed by atoms with Gasteiger partial charge in [0.05, 0.1) is 30.9 Å². The van der Waals surface area contributed by atoms with Crippen LogP contribution >= 0.6 is 0 Å². The van der Waals surface area contributed by atoms with Gasteiger partial charge in [0.1, 0.15) is 0 Å². The largest absolute Gasteiger partial charge is 0.416 e. The quantitative estimate of drug-likeness (QED) is 0.880. The summed E-state index contributed by atoms with van der Waals surface area (Å²) < 4.78 is 42.9. The number of rotatable bonds is 4. The van der Waals surface area contributed by atoms with Crippen molar-refractivity contribution in [2.45, 2.75) is 38.2 Å². The van der Waals surface area contributed by atoms with Gasteiger partial charge in [-0.15, -0.1) is 0 Å². The fourth-order valence-electron chi connectivity index (χ4n) is 2.60. The Hall–Kier alpha value is -1.80. The highest BCUT2D eigenvalue weighted by Crippen LogP contribution is 2.29. The summed E-state index contributed by atoms with van der Waals surface area (Å²) in [4.78, 5) is 13.9. The molecule has 0 aromatic heterocycles. The van der Waals surface area contributed by atoms with Crippen LogP contribution in [0, 0.1) is 0 Å². The number of morpholine rings is 1. The maximum absolute atomic E-state index is 12.5. The van der Waals surface area contributed by atoms with E-state index in [4.69, 9.17) is 4.74 Å². The van der Waals surface area contributed by atoms with Gasteiger partial charge in [-0.25, -0.2) is 4.79 Å². The first-order valence-electron chi connectivity index (χ1n) is 7.74. The summed E-state index contributed by atoms with van der Waals surface area (Å²) in [6.07, 6.45) is -4.51. The maximum Gasteiger partial charge on any atom is 0.416 e. The van der Waals surface area contributed by atoms with Crippen molar-refractivity contribution in [2.24, 2.45) is 0 Å². The highest BCUT2D eigenvalue weighted by Gasteiger charge is 2.30. The molecular formula is C16H21F3N2O3. The Balaban J connectivity index is 1.91. The molecule has 8 heteroatoms. The standard InChI is InChI=1S/C16H21F3N2O3/c1-11(22)8-14-10-24-7-6-21(14)15(23)20-9-12-2-4-13(5-3-12)16(17,18)19/h2-5,11,14,22H,6-10H2,1H3,(H,20,23). The van der Waals surface area contributed by atoms with Crippen LogP contribution in [0.1, 0.15) is 24.5 Å². The Labute approximate surface area is 138 Å². The summed E-state index contributed by atoms with van der Waals surface area (Å²) in [5, 5.41) is 12.2. The summed E-state index contributed by atoms with van der Waals surface area (Å²) in [7, 11) is 0. The van der Waals surface area contributed by atoms with E-state index in [1.54, 1.807) is 11.8 Å². The fraction of sp³-hybridized carbons (Fsp3) is 0.562. The summed E-state index contributed by atoms with van der Waals surface area (Å²) in [5.41, 5.74) is -0.139. The van der Waals surface area contributed by atoms with E-state index in [0.717, 1.165) is 12.1 Å². The van der Waals surface area contributed by atoms with Crippen LogP contribution in [-0.2, 0) is 17.5 Å². The third kappa shape index (κ3) is 5.10. The normalized spacial score (nSPS) is 19.9. The number of aliphatic hydroxyl groups excluding tert-OH is 1. The van der Waals surface area contributed by atoms with Crippen molar-refractivity contribution in [1.82, 2.24) is 10.2 Å². The van der Waals surface area contributed by atoms with Crippen molar-refractivity contribution in [3.05, 3.63) is 35.4 Å². The van der Waals surface area contributed by atoms with Crippen molar-refractivity contribution in [1.29, 1.82) is 0 Å². The van der Waals surface area contributed by atoms with Gasteiger partial charge in [-0.1, -0.05) is 12.1 Å². The van der Waals surface area contributed by atoms with Crippen molar-refractivity contribution >= 4 is 6.03 Å². The molecule has 24 heavy (non-hydrogen) atoms. The molecule has 0 spiro atoms. The Kier molecular flexibility index (Phi) is 6.06. The number of halogens is 3. The number of benzene rings is 1. The van der Waals surface area contributed by atoms with E-state index >= 15 is 0 Å². The highest BCUT2D eigenvalue weighted by molar-refractivity contribution is 5.74. The molecule has 2 rings (SSSR count). The lowest BCUT2D eigenvalue weighted by molar-refractivity contribution is -0.137. The SMILES string of the molecule is CC(O)CC1COCCN1C(=O)NCc1ccc(C(F)(F)F)cc1. The zero-order chi connectivity index (χ0) is 17.7. The zero-order valence-electron chi connectivity index (χ0n) is 13.3. The molecule has 5 nitrogen and oxygen atoms in total. The summed E-state index contributed by atoms with van der Waals surface area (Å²) in [5.74, 6) is 0. The number of ether oxygens (including phenoxy) is 1. The van der Waals surface area contributed by atoms with E-state index in [9.17, 15) is 23.1 Å². The number of alkyl halides is 3. The molecule has 134 valence electrons.